The summed E-state index contributed by atoms with van der Waals surface area (Å²) in [6.45, 7) is 0. The Hall–Kier alpha value is -1.82. The van der Waals surface area contributed by atoms with Crippen molar-refractivity contribution in [3.05, 3.63) is 30.1 Å². The summed E-state index contributed by atoms with van der Waals surface area (Å²) in [5.74, 6) is 2.57. The summed E-state index contributed by atoms with van der Waals surface area (Å²) in [5.41, 5.74) is 1.01. The number of nitrogens with zero attached hydrogens (tertiary/aromatic N) is 2. The predicted octanol–water partition coefficient (Wildman–Crippen LogP) is 1.18. The molecular formula is C10H8N2O. The first-order valence-corrected chi connectivity index (χ1v) is 3.95. The Bertz CT molecular complexity index is 353. The molecule has 0 saturated carbocycles. The Morgan fingerprint density at radius 3 is 2.85 bits per heavy atom. The van der Waals surface area contributed by atoms with Gasteiger partial charge in [-0.05, 0) is 17.7 Å². The summed E-state index contributed by atoms with van der Waals surface area (Å²) in [4.78, 5) is 7.93. The molecular weight excluding hydrogens is 164 g/mol. The van der Waals surface area contributed by atoms with E-state index < -0.39 is 0 Å². The van der Waals surface area contributed by atoms with Crippen molar-refractivity contribution < 1.29 is 4.74 Å². The molecule has 64 valence electrons. The third kappa shape index (κ3) is 1.38. The summed E-state index contributed by atoms with van der Waals surface area (Å²) < 4.78 is 5.28. The Balaban J connectivity index is 2.25. The first kappa shape index (κ1) is 7.81. The second-order valence-electron chi connectivity index (χ2n) is 2.70. The Morgan fingerprint density at radius 1 is 1.38 bits per heavy atom. The highest BCUT2D eigenvalue weighted by atomic mass is 16.5. The van der Waals surface area contributed by atoms with Crippen LogP contribution in [0.2, 0.25) is 0 Å². The third-order valence-corrected chi connectivity index (χ3v) is 1.92. The van der Waals surface area contributed by atoms with Crippen molar-refractivity contribution in [2.24, 2.45) is 4.99 Å². The first-order chi connectivity index (χ1) is 6.42. The van der Waals surface area contributed by atoms with Crippen LogP contribution >= 0.6 is 0 Å². The van der Waals surface area contributed by atoms with Crippen molar-refractivity contribution in [3.63, 3.8) is 0 Å². The molecule has 1 aliphatic rings. The molecule has 0 radical (unpaired) electrons. The molecule has 0 aromatic carbocycles. The maximum atomic E-state index is 5.30. The molecule has 0 bridgehead atoms. The highest BCUT2D eigenvalue weighted by Crippen LogP contribution is 2.25. The summed E-state index contributed by atoms with van der Waals surface area (Å²) in [7, 11) is 0. The van der Waals surface area contributed by atoms with Crippen molar-refractivity contribution >= 4 is 6.40 Å². The fraction of sp³-hybridized carbons (Fsp3) is 0.200. The van der Waals surface area contributed by atoms with Gasteiger partial charge in [0.15, 0.2) is 18.5 Å². The number of hydrogen-bond donors (Lipinski definition) is 0. The lowest BCUT2D eigenvalue weighted by molar-refractivity contribution is 0.222. The maximum Gasteiger partial charge on any atom is 0.171 e. The predicted molar refractivity (Wildman–Crippen MR) is 49.2 cm³/mol. The number of ether oxygens (including phenoxy) is 1. The van der Waals surface area contributed by atoms with Gasteiger partial charge < -0.3 is 4.74 Å². The third-order valence-electron chi connectivity index (χ3n) is 1.92. The van der Waals surface area contributed by atoms with Gasteiger partial charge in [-0.3, -0.25) is 4.98 Å². The lowest BCUT2D eigenvalue weighted by atomic mass is 10.1. The Morgan fingerprint density at radius 2 is 2.15 bits per heavy atom. The van der Waals surface area contributed by atoms with Gasteiger partial charge in [0.05, 0.1) is 0 Å². The number of rotatable bonds is 1. The van der Waals surface area contributed by atoms with E-state index in [1.165, 1.54) is 6.40 Å². The molecule has 2 atom stereocenters. The van der Waals surface area contributed by atoms with Gasteiger partial charge in [-0.25, -0.2) is 4.99 Å². The van der Waals surface area contributed by atoms with Crippen LogP contribution in [0.3, 0.4) is 0 Å². The topological polar surface area (TPSA) is 34.5 Å². The molecule has 0 aliphatic carbocycles. The minimum absolute atomic E-state index is 0.145. The average molecular weight is 172 g/mol. The van der Waals surface area contributed by atoms with Gasteiger partial charge in [-0.1, -0.05) is 5.92 Å². The minimum Gasteiger partial charge on any atom is -0.472 e. The second-order valence-corrected chi connectivity index (χ2v) is 2.70. The van der Waals surface area contributed by atoms with Gasteiger partial charge in [0.1, 0.15) is 0 Å². The van der Waals surface area contributed by atoms with Gasteiger partial charge in [0.2, 0.25) is 0 Å². The lowest BCUT2D eigenvalue weighted by Gasteiger charge is -2.12. The number of terminal acetylenes is 1. The number of aliphatic imine (C=N–C) groups is 1. The van der Waals surface area contributed by atoms with Crippen molar-refractivity contribution in [2.45, 2.75) is 12.1 Å². The van der Waals surface area contributed by atoms with Gasteiger partial charge in [-0.15, -0.1) is 6.42 Å². The number of pyridine rings is 1. The van der Waals surface area contributed by atoms with Crippen LogP contribution in [0.25, 0.3) is 0 Å². The van der Waals surface area contributed by atoms with E-state index >= 15 is 0 Å². The van der Waals surface area contributed by atoms with Gasteiger partial charge in [0, 0.05) is 12.4 Å². The summed E-state index contributed by atoms with van der Waals surface area (Å²) in [6, 6.07) is 3.55. The Kier molecular flexibility index (Phi) is 1.97. The van der Waals surface area contributed by atoms with E-state index in [9.17, 15) is 0 Å². The molecule has 1 aliphatic heterocycles. The summed E-state index contributed by atoms with van der Waals surface area (Å²) in [6.07, 6.45) is 9.99. The van der Waals surface area contributed by atoms with E-state index in [1.807, 2.05) is 12.1 Å². The van der Waals surface area contributed by atoms with Crippen LogP contribution in [0, 0.1) is 12.3 Å². The summed E-state index contributed by atoms with van der Waals surface area (Å²) >= 11 is 0. The fourth-order valence-corrected chi connectivity index (χ4v) is 1.26. The normalized spacial score (nSPS) is 25.2. The van der Waals surface area contributed by atoms with Gasteiger partial charge in [-0.2, -0.15) is 0 Å². The van der Waals surface area contributed by atoms with E-state index in [4.69, 9.17) is 11.2 Å². The highest BCUT2D eigenvalue weighted by molar-refractivity contribution is 5.52. The first-order valence-electron chi connectivity index (χ1n) is 3.95. The molecule has 0 amide bonds. The molecule has 3 heteroatoms. The van der Waals surface area contributed by atoms with E-state index in [-0.39, 0.29) is 12.1 Å². The standard InChI is InChI=1S/C10H8N2O/c1-2-9-10(13-7-12-9)8-3-5-11-6-4-8/h1,3-7,9-10H. The van der Waals surface area contributed by atoms with E-state index in [0.29, 0.717) is 0 Å². The SMILES string of the molecule is C#CC1N=COC1c1ccncc1. The van der Waals surface area contributed by atoms with Crippen molar-refractivity contribution in [2.75, 3.05) is 0 Å². The van der Waals surface area contributed by atoms with Crippen LogP contribution in [0.4, 0.5) is 0 Å². The van der Waals surface area contributed by atoms with Gasteiger partial charge >= 0.3 is 0 Å². The molecule has 3 nitrogen and oxygen atoms in total. The second kappa shape index (κ2) is 3.28. The van der Waals surface area contributed by atoms with E-state index in [0.717, 1.165) is 5.56 Å². The zero-order chi connectivity index (χ0) is 9.10. The maximum absolute atomic E-state index is 5.30. The lowest BCUT2D eigenvalue weighted by Crippen LogP contribution is -2.11. The zero-order valence-electron chi connectivity index (χ0n) is 6.92. The van der Waals surface area contributed by atoms with Crippen molar-refractivity contribution in [3.8, 4) is 12.3 Å². The smallest absolute Gasteiger partial charge is 0.171 e. The monoisotopic (exact) mass is 172 g/mol. The molecule has 1 aromatic heterocycles. The zero-order valence-corrected chi connectivity index (χ0v) is 6.92. The van der Waals surface area contributed by atoms with E-state index in [2.05, 4.69) is 15.9 Å². The molecule has 0 spiro atoms. The van der Waals surface area contributed by atoms with Crippen molar-refractivity contribution in [1.29, 1.82) is 0 Å². The quantitative estimate of drug-likeness (QED) is 0.596. The van der Waals surface area contributed by atoms with Crippen LogP contribution < -0.4 is 0 Å². The van der Waals surface area contributed by atoms with Crippen LogP contribution in [-0.2, 0) is 4.74 Å². The molecule has 2 rings (SSSR count). The fourth-order valence-electron chi connectivity index (χ4n) is 1.26. The molecule has 0 fully saturated rings. The van der Waals surface area contributed by atoms with Crippen LogP contribution in [0.5, 0.6) is 0 Å². The molecule has 2 heterocycles. The molecule has 0 N–H and O–H groups in total. The Labute approximate surface area is 76.5 Å². The molecule has 13 heavy (non-hydrogen) atoms. The van der Waals surface area contributed by atoms with Crippen LogP contribution in [0.15, 0.2) is 29.5 Å². The van der Waals surface area contributed by atoms with Crippen LogP contribution in [-0.4, -0.2) is 17.4 Å². The highest BCUT2D eigenvalue weighted by Gasteiger charge is 2.25. The number of hydrogen-bond acceptors (Lipinski definition) is 3. The number of aromatic nitrogens is 1. The molecule has 0 saturated heterocycles. The minimum atomic E-state index is -0.206. The molecule has 2 unspecified atom stereocenters. The molecule has 1 aromatic rings. The van der Waals surface area contributed by atoms with Crippen molar-refractivity contribution in [1.82, 2.24) is 4.98 Å². The van der Waals surface area contributed by atoms with E-state index in [1.54, 1.807) is 12.4 Å². The largest absolute Gasteiger partial charge is 0.472 e. The van der Waals surface area contributed by atoms with Gasteiger partial charge in [0.25, 0.3) is 0 Å². The average Bonchev–Trinajstić information content (AvgIpc) is 2.67. The van der Waals surface area contributed by atoms with Crippen LogP contribution in [0.1, 0.15) is 11.7 Å². The summed E-state index contributed by atoms with van der Waals surface area (Å²) in [5, 5.41) is 0.